The molecular weight excluding hydrogens is 477 g/mol. The molecule has 1 rings (SSSR count). The van der Waals surface area contributed by atoms with E-state index in [4.69, 9.17) is 4.74 Å². The van der Waals surface area contributed by atoms with Gasteiger partial charge in [-0.2, -0.15) is 0 Å². The summed E-state index contributed by atoms with van der Waals surface area (Å²) in [7, 11) is -15.9. The van der Waals surface area contributed by atoms with Crippen LogP contribution in [0.5, 0.6) is 0 Å². The van der Waals surface area contributed by atoms with Crippen LogP contribution in [0.25, 0.3) is 0 Å². The predicted octanol–water partition coefficient (Wildman–Crippen LogP) is 6.09. The maximum Gasteiger partial charge on any atom is 0.673 e. The second-order valence-electron chi connectivity index (χ2n) is 7.70. The van der Waals surface area contributed by atoms with E-state index in [0.29, 0.717) is 12.0 Å². The van der Waals surface area contributed by atoms with Crippen LogP contribution < -0.4 is 0 Å². The van der Waals surface area contributed by atoms with Crippen molar-refractivity contribution in [3.8, 4) is 0 Å². The number of rotatable bonds is 1. The molecule has 0 aromatic carbocycles. The van der Waals surface area contributed by atoms with Crippen molar-refractivity contribution in [2.45, 2.75) is 46.3 Å². The van der Waals surface area contributed by atoms with Crippen LogP contribution in [0.1, 0.15) is 34.6 Å². The van der Waals surface area contributed by atoms with E-state index in [1.54, 1.807) is 0 Å². The third kappa shape index (κ3) is 36.0. The Morgan fingerprint density at radius 2 is 1.12 bits per heavy atom. The summed E-state index contributed by atoms with van der Waals surface area (Å²) in [6.07, 6.45) is -0.184. The zero-order chi connectivity index (χ0) is 26.7. The molecule has 0 bridgehead atoms. The number of piperazine rings is 1. The van der Waals surface area contributed by atoms with Crippen molar-refractivity contribution in [2.75, 3.05) is 26.7 Å². The molecule has 1 saturated heterocycles. The number of amides is 1. The number of carbonyl (C=O) groups excluding carboxylic acids is 1. The largest absolute Gasteiger partial charge is 0.673 e. The fraction of sp³-hybridized carbons (Fsp3) is 0.923. The molecule has 196 valence electrons. The Balaban J connectivity index is -0.000000458. The smallest absolute Gasteiger partial charge is 0.444 e. The molecule has 0 aromatic heterocycles. The van der Waals surface area contributed by atoms with Crippen molar-refractivity contribution in [1.82, 2.24) is 9.80 Å². The quantitative estimate of drug-likeness (QED) is 0.321. The summed E-state index contributed by atoms with van der Waals surface area (Å²) in [5.41, 5.74) is -0.409. The van der Waals surface area contributed by atoms with Gasteiger partial charge in [0.15, 0.2) is 0 Å². The van der Waals surface area contributed by atoms with Gasteiger partial charge in [0.25, 0.3) is 0 Å². The van der Waals surface area contributed by atoms with Crippen LogP contribution in [0, 0.1) is 5.92 Å². The molecule has 0 spiro atoms. The second kappa shape index (κ2) is 14.0. The normalized spacial score (nSPS) is 17.8. The fourth-order valence-corrected chi connectivity index (χ4v) is 2.11. The second-order valence-corrected chi connectivity index (χ2v) is 7.70. The topological polar surface area (TPSA) is 32.8 Å². The zero-order valence-corrected chi connectivity index (χ0v) is 18.3. The summed E-state index contributed by atoms with van der Waals surface area (Å²) in [6.45, 7) is 12.5. The number of hydrogen-bond donors (Lipinski definition) is 0. The Labute approximate surface area is 178 Å². The summed E-state index contributed by atoms with van der Waals surface area (Å²) < 4.78 is 122. The van der Waals surface area contributed by atoms with E-state index in [0.717, 1.165) is 19.6 Å². The molecule has 1 unspecified atom stereocenters. The minimum Gasteiger partial charge on any atom is -0.444 e. The number of nitrogens with zero attached hydrogens (tertiary/aromatic N) is 2. The minimum absolute atomic E-state index is 0.184. The third-order valence-electron chi connectivity index (χ3n) is 3.12. The maximum absolute atomic E-state index is 12.0. The van der Waals surface area contributed by atoms with Crippen molar-refractivity contribution in [3.05, 3.63) is 0 Å². The first kappa shape index (κ1) is 35.2. The van der Waals surface area contributed by atoms with Crippen molar-refractivity contribution < 1.29 is 61.3 Å². The zero-order valence-electron chi connectivity index (χ0n) is 18.3. The predicted molar refractivity (Wildman–Crippen MR) is 99.6 cm³/mol. The van der Waals surface area contributed by atoms with E-state index in [1.807, 2.05) is 25.7 Å². The van der Waals surface area contributed by atoms with Crippen LogP contribution in [0.2, 0.25) is 0 Å². The van der Waals surface area contributed by atoms with Gasteiger partial charge in [0.1, 0.15) is 5.60 Å². The van der Waals surface area contributed by atoms with E-state index in [-0.39, 0.29) is 6.09 Å². The Morgan fingerprint density at radius 1 is 0.812 bits per heavy atom. The van der Waals surface area contributed by atoms with Gasteiger partial charge in [0.2, 0.25) is 0 Å². The number of carbonyl (C=O) groups is 1. The average molecular weight is 503 g/mol. The van der Waals surface area contributed by atoms with E-state index < -0.39 is 27.4 Å². The van der Waals surface area contributed by atoms with Gasteiger partial charge in [-0.15, -0.1) is 0 Å². The SMILES string of the molecule is CC(C)C1CN(C(=O)OC(C)(C)C)CCN1C.F[B-](F)(F)F.F[B-](F)(F)F.F[B-](F)(F)F. The van der Waals surface area contributed by atoms with Crippen LogP contribution >= 0.6 is 0 Å². The van der Waals surface area contributed by atoms with Crippen LogP contribution in [0.4, 0.5) is 56.6 Å². The van der Waals surface area contributed by atoms with Gasteiger partial charge < -0.3 is 61.4 Å². The average Bonchev–Trinajstić information content (AvgIpc) is 2.39. The molecule has 32 heavy (non-hydrogen) atoms. The molecule has 1 fully saturated rings. The van der Waals surface area contributed by atoms with Gasteiger partial charge in [-0.05, 0) is 33.7 Å². The van der Waals surface area contributed by atoms with E-state index >= 15 is 0 Å². The molecule has 0 saturated carbocycles. The standard InChI is InChI=1S/C13H26N2O2.3BF4/c1-10(2)11-9-15(8-7-14(11)6)12(16)17-13(3,4)5;3*2-1(3,4)5/h10-11H,7-9H2,1-6H3;;;/q;3*-1. The van der Waals surface area contributed by atoms with E-state index in [2.05, 4.69) is 25.8 Å². The first-order chi connectivity index (χ1) is 13.7. The summed E-state index contributed by atoms with van der Waals surface area (Å²) in [6, 6.07) is 0.427. The van der Waals surface area contributed by atoms with Crippen LogP contribution in [0.15, 0.2) is 0 Å². The molecule has 1 amide bonds. The minimum atomic E-state index is -6.00. The molecule has 4 nitrogen and oxygen atoms in total. The summed E-state index contributed by atoms with van der Waals surface area (Å²) >= 11 is 0. The van der Waals surface area contributed by atoms with Gasteiger partial charge in [0, 0.05) is 25.7 Å². The Hall–Kier alpha value is -1.42. The van der Waals surface area contributed by atoms with Crippen LogP contribution in [0.3, 0.4) is 0 Å². The molecule has 1 aliphatic heterocycles. The van der Waals surface area contributed by atoms with E-state index in [1.165, 1.54) is 0 Å². The first-order valence-electron chi connectivity index (χ1n) is 9.00. The molecular formula is C13H26B3F12N2O2-3. The Bertz CT molecular complexity index is 478. The number of halogens is 12. The molecule has 1 aliphatic rings. The Morgan fingerprint density at radius 3 is 1.38 bits per heavy atom. The highest BCUT2D eigenvalue weighted by Crippen LogP contribution is 2.18. The lowest BCUT2D eigenvalue weighted by molar-refractivity contribution is 0.00258. The molecule has 0 aromatic rings. The van der Waals surface area contributed by atoms with Crippen molar-refractivity contribution in [2.24, 2.45) is 5.92 Å². The number of likely N-dealkylation sites (N-methyl/N-ethyl adjacent to an activating group) is 1. The molecule has 1 heterocycles. The van der Waals surface area contributed by atoms with Crippen molar-refractivity contribution >= 4 is 27.9 Å². The van der Waals surface area contributed by atoms with Gasteiger partial charge in [0.05, 0.1) is 0 Å². The summed E-state index contributed by atoms with van der Waals surface area (Å²) in [4.78, 5) is 16.1. The lowest BCUT2D eigenvalue weighted by Crippen LogP contribution is -2.55. The Kier molecular flexibility index (Phi) is 15.4. The molecule has 0 radical (unpaired) electrons. The lowest BCUT2D eigenvalue weighted by Gasteiger charge is -2.41. The van der Waals surface area contributed by atoms with Crippen molar-refractivity contribution in [1.29, 1.82) is 0 Å². The molecule has 0 aliphatic carbocycles. The maximum atomic E-state index is 12.0. The number of ether oxygens (including phenoxy) is 1. The monoisotopic (exact) mass is 503 g/mol. The van der Waals surface area contributed by atoms with Crippen LogP contribution in [-0.2, 0) is 4.74 Å². The highest BCUT2D eigenvalue weighted by atomic mass is 19.5. The molecule has 1 atom stereocenters. The third-order valence-corrected chi connectivity index (χ3v) is 3.12. The highest BCUT2D eigenvalue weighted by molar-refractivity contribution is 6.50. The van der Waals surface area contributed by atoms with Crippen LogP contribution in [-0.4, -0.2) is 76.0 Å². The van der Waals surface area contributed by atoms with Crippen molar-refractivity contribution in [3.63, 3.8) is 0 Å². The van der Waals surface area contributed by atoms with Gasteiger partial charge in [-0.3, -0.25) is 4.90 Å². The molecule has 19 heteroatoms. The van der Waals surface area contributed by atoms with Gasteiger partial charge >= 0.3 is 27.9 Å². The lowest BCUT2D eigenvalue weighted by atomic mass is 10.0. The highest BCUT2D eigenvalue weighted by Gasteiger charge is 2.31. The molecule has 0 N–H and O–H groups in total. The van der Waals surface area contributed by atoms with Gasteiger partial charge in [-0.25, -0.2) is 4.79 Å². The van der Waals surface area contributed by atoms with Gasteiger partial charge in [-0.1, -0.05) is 13.8 Å². The summed E-state index contributed by atoms with van der Waals surface area (Å²) in [5, 5.41) is 0. The summed E-state index contributed by atoms with van der Waals surface area (Å²) in [5.74, 6) is 0.547. The number of hydrogen-bond acceptors (Lipinski definition) is 3. The fourth-order valence-electron chi connectivity index (χ4n) is 2.11. The first-order valence-corrected chi connectivity index (χ1v) is 9.00. The van der Waals surface area contributed by atoms with E-state index in [9.17, 15) is 56.6 Å².